The Balaban J connectivity index is 1.71. The van der Waals surface area contributed by atoms with Crippen LogP contribution < -0.4 is 9.04 Å². The van der Waals surface area contributed by atoms with Gasteiger partial charge in [-0.05, 0) is 60.5 Å². The van der Waals surface area contributed by atoms with E-state index in [9.17, 15) is 38.2 Å². The van der Waals surface area contributed by atoms with Crippen molar-refractivity contribution in [2.75, 3.05) is 4.31 Å². The number of carbonyl (C=O) groups excluding carboxylic acids is 2. The normalized spacial score (nSPS) is 11.0. The first-order valence-corrected chi connectivity index (χ1v) is 13.4. The van der Waals surface area contributed by atoms with Crippen molar-refractivity contribution in [3.63, 3.8) is 0 Å². The van der Waals surface area contributed by atoms with Gasteiger partial charge in [-0.15, -0.1) is 0 Å². The summed E-state index contributed by atoms with van der Waals surface area (Å²) in [6, 6.07) is 20.5. The molecule has 4 aromatic rings. The zero-order valence-corrected chi connectivity index (χ0v) is 22.2. The van der Waals surface area contributed by atoms with Crippen LogP contribution in [-0.4, -0.2) is 30.1 Å². The molecule has 0 unspecified atom stereocenters. The molecule has 13 heteroatoms. The number of hydrogen-bond donors (Lipinski definition) is 0. The van der Waals surface area contributed by atoms with Crippen molar-refractivity contribution in [2.45, 2.75) is 18.2 Å². The van der Waals surface area contributed by atoms with Gasteiger partial charge in [0.15, 0.2) is 0 Å². The zero-order valence-electron chi connectivity index (χ0n) is 21.4. The number of rotatable bonds is 9. The first-order valence-electron chi connectivity index (χ1n) is 12.0. The summed E-state index contributed by atoms with van der Waals surface area (Å²) in [7, 11) is -4.51. The van der Waals surface area contributed by atoms with Gasteiger partial charge in [-0.1, -0.05) is 31.2 Å². The molecule has 0 bridgehead atoms. The summed E-state index contributed by atoms with van der Waals surface area (Å²) >= 11 is 0. The lowest BCUT2D eigenvalue weighted by atomic mass is 10.2. The molecule has 4 rings (SSSR count). The second-order valence-corrected chi connectivity index (χ2v) is 10.4. The lowest BCUT2D eigenvalue weighted by molar-refractivity contribution is -0.385. The predicted molar refractivity (Wildman–Crippen MR) is 147 cm³/mol. The standard InChI is InChI=1S/C28H21N3O9S/c1-2-19-9-15-26(16-10-19)41(38,39)29(27(32)20-5-3-7-23(17-20)30(34)35)22-11-13-25(14-12-22)40-28(33)21-6-4-8-24(18-21)31(36)37/h3-18H,2H2,1H3. The first-order chi connectivity index (χ1) is 19.5. The highest BCUT2D eigenvalue weighted by molar-refractivity contribution is 7.93. The van der Waals surface area contributed by atoms with E-state index in [0.29, 0.717) is 10.7 Å². The van der Waals surface area contributed by atoms with E-state index in [0.717, 1.165) is 17.7 Å². The number of anilines is 1. The van der Waals surface area contributed by atoms with Gasteiger partial charge in [0.25, 0.3) is 27.3 Å². The van der Waals surface area contributed by atoms with E-state index in [1.165, 1.54) is 72.8 Å². The number of benzene rings is 4. The second-order valence-electron chi connectivity index (χ2n) is 8.57. The number of nitro groups is 2. The molecule has 0 atom stereocenters. The topological polar surface area (TPSA) is 167 Å². The molecule has 0 aliphatic rings. The molecule has 0 saturated carbocycles. The van der Waals surface area contributed by atoms with E-state index >= 15 is 0 Å². The van der Waals surface area contributed by atoms with Gasteiger partial charge in [0, 0.05) is 29.8 Å². The molecule has 0 aliphatic heterocycles. The molecule has 0 aliphatic carbocycles. The van der Waals surface area contributed by atoms with E-state index in [1.54, 1.807) is 12.1 Å². The van der Waals surface area contributed by atoms with Crippen LogP contribution in [0.1, 0.15) is 33.2 Å². The lowest BCUT2D eigenvalue weighted by Crippen LogP contribution is -2.37. The Morgan fingerprint density at radius 1 is 0.780 bits per heavy atom. The molecule has 0 spiro atoms. The highest BCUT2D eigenvalue weighted by Gasteiger charge is 2.32. The van der Waals surface area contributed by atoms with Crippen molar-refractivity contribution < 1.29 is 32.6 Å². The van der Waals surface area contributed by atoms with E-state index in [1.807, 2.05) is 6.92 Å². The minimum atomic E-state index is -4.51. The summed E-state index contributed by atoms with van der Waals surface area (Å²) in [6.45, 7) is 1.90. The molecule has 1 amide bonds. The van der Waals surface area contributed by atoms with Crippen LogP contribution in [0.3, 0.4) is 0 Å². The number of nitro benzene ring substituents is 2. The van der Waals surface area contributed by atoms with Crippen LogP contribution in [0, 0.1) is 20.2 Å². The minimum absolute atomic E-state index is 0.0299. The molecular formula is C28H21N3O9S. The molecular weight excluding hydrogens is 554 g/mol. The maximum Gasteiger partial charge on any atom is 0.343 e. The maximum atomic E-state index is 13.7. The Morgan fingerprint density at radius 2 is 1.32 bits per heavy atom. The SMILES string of the molecule is CCc1ccc(S(=O)(=O)N(C(=O)c2cccc([N+](=O)[O-])c2)c2ccc(OC(=O)c3cccc([N+](=O)[O-])c3)cc2)cc1. The fourth-order valence-electron chi connectivity index (χ4n) is 3.80. The largest absolute Gasteiger partial charge is 0.423 e. The molecule has 0 N–H and O–H groups in total. The number of sulfonamides is 1. The summed E-state index contributed by atoms with van der Waals surface area (Å²) in [5.41, 5.74) is -0.282. The monoisotopic (exact) mass is 575 g/mol. The third-order valence-corrected chi connectivity index (χ3v) is 7.66. The Kier molecular flexibility index (Phi) is 8.19. The highest BCUT2D eigenvalue weighted by atomic mass is 32.2. The zero-order chi connectivity index (χ0) is 29.7. The minimum Gasteiger partial charge on any atom is -0.423 e. The number of hydrogen-bond acceptors (Lipinski definition) is 9. The number of ether oxygens (including phenoxy) is 1. The first kappa shape index (κ1) is 28.6. The summed E-state index contributed by atoms with van der Waals surface area (Å²) in [5.74, 6) is -1.97. The van der Waals surface area contributed by atoms with Crippen molar-refractivity contribution in [1.29, 1.82) is 0 Å². The molecule has 0 fully saturated rings. The van der Waals surface area contributed by atoms with Crippen molar-refractivity contribution in [1.82, 2.24) is 0 Å². The molecule has 0 saturated heterocycles. The fraction of sp³-hybridized carbons (Fsp3) is 0.0714. The van der Waals surface area contributed by atoms with Gasteiger partial charge < -0.3 is 4.74 Å². The molecule has 12 nitrogen and oxygen atoms in total. The van der Waals surface area contributed by atoms with E-state index in [2.05, 4.69) is 0 Å². The van der Waals surface area contributed by atoms with Gasteiger partial charge in [-0.2, -0.15) is 4.31 Å². The summed E-state index contributed by atoms with van der Waals surface area (Å²) in [6.07, 6.45) is 0.660. The fourth-order valence-corrected chi connectivity index (χ4v) is 5.21. The number of aryl methyl sites for hydroxylation is 1. The van der Waals surface area contributed by atoms with Crippen LogP contribution in [-0.2, 0) is 16.4 Å². The van der Waals surface area contributed by atoms with Crippen LogP contribution in [0.4, 0.5) is 17.1 Å². The van der Waals surface area contributed by atoms with E-state index in [-0.39, 0.29) is 33.1 Å². The molecule has 41 heavy (non-hydrogen) atoms. The third-order valence-electron chi connectivity index (χ3n) is 5.93. The number of nitrogens with zero attached hydrogens (tertiary/aromatic N) is 3. The Bertz CT molecular complexity index is 1750. The van der Waals surface area contributed by atoms with Gasteiger partial charge in [0.1, 0.15) is 5.75 Å². The van der Waals surface area contributed by atoms with Crippen LogP contribution in [0.25, 0.3) is 0 Å². The van der Waals surface area contributed by atoms with Crippen LogP contribution >= 0.6 is 0 Å². The third kappa shape index (κ3) is 6.25. The van der Waals surface area contributed by atoms with Gasteiger partial charge in [0.05, 0.1) is 26.0 Å². The van der Waals surface area contributed by atoms with Crippen LogP contribution in [0.15, 0.2) is 102 Å². The van der Waals surface area contributed by atoms with Crippen LogP contribution in [0.5, 0.6) is 5.75 Å². The number of amides is 1. The molecule has 0 radical (unpaired) electrons. The van der Waals surface area contributed by atoms with Gasteiger partial charge in [-0.3, -0.25) is 25.0 Å². The smallest absolute Gasteiger partial charge is 0.343 e. The van der Waals surface area contributed by atoms with Crippen LogP contribution in [0.2, 0.25) is 0 Å². The lowest BCUT2D eigenvalue weighted by Gasteiger charge is -2.23. The highest BCUT2D eigenvalue weighted by Crippen LogP contribution is 2.29. The Morgan fingerprint density at radius 3 is 1.85 bits per heavy atom. The van der Waals surface area contributed by atoms with Gasteiger partial charge >= 0.3 is 5.97 Å². The number of esters is 1. The van der Waals surface area contributed by atoms with Crippen molar-refractivity contribution in [3.8, 4) is 5.75 Å². The summed E-state index contributed by atoms with van der Waals surface area (Å²) < 4.78 is 33.2. The molecule has 0 aromatic heterocycles. The van der Waals surface area contributed by atoms with Gasteiger partial charge in [0.2, 0.25) is 0 Å². The average Bonchev–Trinajstić information content (AvgIpc) is 2.98. The molecule has 208 valence electrons. The second kappa shape index (κ2) is 11.8. The molecule has 4 aromatic carbocycles. The van der Waals surface area contributed by atoms with E-state index < -0.39 is 37.4 Å². The van der Waals surface area contributed by atoms with Gasteiger partial charge in [-0.25, -0.2) is 13.2 Å². The number of non-ortho nitro benzene ring substituents is 2. The average molecular weight is 576 g/mol. The predicted octanol–water partition coefficient (Wildman–Crippen LogP) is 5.32. The molecule has 0 heterocycles. The van der Waals surface area contributed by atoms with Crippen molar-refractivity contribution in [3.05, 3.63) is 134 Å². The quantitative estimate of drug-likeness (QED) is 0.111. The number of carbonyl (C=O) groups is 2. The maximum absolute atomic E-state index is 13.7. The van der Waals surface area contributed by atoms with Crippen molar-refractivity contribution in [2.24, 2.45) is 0 Å². The summed E-state index contributed by atoms with van der Waals surface area (Å²) in [5, 5.41) is 22.3. The Hall–Kier alpha value is -5.43. The Labute approximate surface area is 233 Å². The van der Waals surface area contributed by atoms with E-state index in [4.69, 9.17) is 4.74 Å². The summed E-state index contributed by atoms with van der Waals surface area (Å²) in [4.78, 5) is 46.8. The van der Waals surface area contributed by atoms with Crippen molar-refractivity contribution >= 4 is 39.0 Å².